The molecular weight excluding hydrogens is 317 g/mol. The van der Waals surface area contributed by atoms with Gasteiger partial charge in [-0.05, 0) is 49.9 Å². The van der Waals surface area contributed by atoms with E-state index in [4.69, 9.17) is 23.2 Å². The molecule has 0 spiro atoms. The zero-order valence-electron chi connectivity index (χ0n) is 12.3. The van der Waals surface area contributed by atoms with Gasteiger partial charge in [-0.15, -0.1) is 0 Å². The predicted molar refractivity (Wildman–Crippen MR) is 92.0 cm³/mol. The Hall–Kier alpha value is -1.51. The number of anilines is 1. The molecule has 0 radical (unpaired) electrons. The zero-order valence-corrected chi connectivity index (χ0v) is 13.8. The first kappa shape index (κ1) is 15.4. The van der Waals surface area contributed by atoms with E-state index < -0.39 is 0 Å². The lowest BCUT2D eigenvalue weighted by molar-refractivity contribution is 0.101. The van der Waals surface area contributed by atoms with E-state index in [0.717, 1.165) is 24.1 Å². The minimum Gasteiger partial charge on any atom is -0.377 e. The van der Waals surface area contributed by atoms with Crippen LogP contribution in [0, 0.1) is 5.92 Å². The minimum atomic E-state index is 0.0294. The van der Waals surface area contributed by atoms with Crippen molar-refractivity contribution >= 4 is 34.7 Å². The van der Waals surface area contributed by atoms with Crippen LogP contribution in [0.2, 0.25) is 10.0 Å². The number of hydrogen-bond acceptors (Lipinski definition) is 2. The molecular formula is C18H17Cl2NO. The molecule has 2 aromatic rings. The zero-order chi connectivity index (χ0) is 15.7. The van der Waals surface area contributed by atoms with E-state index in [-0.39, 0.29) is 11.8 Å². The van der Waals surface area contributed by atoms with Crippen LogP contribution in [0.3, 0.4) is 0 Å². The standard InChI is InChI=1S/C18H17Cl2NO/c1-11(22)13-5-2-3-8-16(13)21-18(12-9-10-12)17-14(19)6-4-7-15(17)20/h2-8,12,18,21H,9-10H2,1H3. The average molecular weight is 334 g/mol. The Bertz CT molecular complexity index is 690. The molecule has 4 heteroatoms. The van der Waals surface area contributed by atoms with Crippen LogP contribution in [0.15, 0.2) is 42.5 Å². The molecule has 22 heavy (non-hydrogen) atoms. The van der Waals surface area contributed by atoms with E-state index in [2.05, 4.69) is 5.32 Å². The maximum Gasteiger partial charge on any atom is 0.161 e. The summed E-state index contributed by atoms with van der Waals surface area (Å²) in [6, 6.07) is 13.2. The van der Waals surface area contributed by atoms with Gasteiger partial charge in [0.25, 0.3) is 0 Å². The largest absolute Gasteiger partial charge is 0.377 e. The quantitative estimate of drug-likeness (QED) is 0.705. The second kappa shape index (κ2) is 6.31. The van der Waals surface area contributed by atoms with Crippen molar-refractivity contribution in [3.63, 3.8) is 0 Å². The number of benzene rings is 2. The van der Waals surface area contributed by atoms with Crippen LogP contribution in [0.5, 0.6) is 0 Å². The number of para-hydroxylation sites is 1. The fourth-order valence-corrected chi connectivity index (χ4v) is 3.38. The summed E-state index contributed by atoms with van der Waals surface area (Å²) in [5.41, 5.74) is 2.45. The van der Waals surface area contributed by atoms with Crippen molar-refractivity contribution in [1.82, 2.24) is 0 Å². The van der Waals surface area contributed by atoms with Gasteiger partial charge in [-0.3, -0.25) is 4.79 Å². The number of nitrogens with one attached hydrogen (secondary N) is 1. The highest BCUT2D eigenvalue weighted by molar-refractivity contribution is 6.36. The van der Waals surface area contributed by atoms with E-state index in [1.165, 1.54) is 0 Å². The van der Waals surface area contributed by atoms with Crippen LogP contribution in [-0.2, 0) is 0 Å². The summed E-state index contributed by atoms with van der Waals surface area (Å²) < 4.78 is 0. The summed E-state index contributed by atoms with van der Waals surface area (Å²) in [6.07, 6.45) is 2.28. The average Bonchev–Trinajstić information content (AvgIpc) is 3.31. The van der Waals surface area contributed by atoms with E-state index in [0.29, 0.717) is 21.5 Å². The van der Waals surface area contributed by atoms with Crippen molar-refractivity contribution in [2.24, 2.45) is 5.92 Å². The Kier molecular flexibility index (Phi) is 4.42. The fourth-order valence-electron chi connectivity index (χ4n) is 2.75. The third-order valence-corrected chi connectivity index (χ3v) is 4.68. The van der Waals surface area contributed by atoms with Gasteiger partial charge in [0.1, 0.15) is 0 Å². The van der Waals surface area contributed by atoms with Gasteiger partial charge in [0, 0.05) is 26.9 Å². The van der Waals surface area contributed by atoms with Crippen molar-refractivity contribution in [1.29, 1.82) is 0 Å². The number of halogens is 2. The number of rotatable bonds is 5. The normalized spacial score (nSPS) is 15.4. The molecule has 0 heterocycles. The van der Waals surface area contributed by atoms with E-state index in [9.17, 15) is 4.79 Å². The van der Waals surface area contributed by atoms with E-state index in [1.807, 2.05) is 42.5 Å². The lowest BCUT2D eigenvalue weighted by Crippen LogP contribution is -2.16. The molecule has 0 aliphatic heterocycles. The van der Waals surface area contributed by atoms with Crippen LogP contribution in [0.1, 0.15) is 41.7 Å². The van der Waals surface area contributed by atoms with Crippen molar-refractivity contribution in [2.45, 2.75) is 25.8 Å². The summed E-state index contributed by atoms with van der Waals surface area (Å²) in [5, 5.41) is 4.83. The second-order valence-corrected chi connectivity index (χ2v) is 6.51. The molecule has 1 atom stereocenters. The maximum atomic E-state index is 11.8. The lowest BCUT2D eigenvalue weighted by Gasteiger charge is -2.23. The SMILES string of the molecule is CC(=O)c1ccccc1NC(c1c(Cl)cccc1Cl)C1CC1. The van der Waals surface area contributed by atoms with Gasteiger partial charge in [0.2, 0.25) is 0 Å². The van der Waals surface area contributed by atoms with Crippen LogP contribution in [0.25, 0.3) is 0 Å². The molecule has 1 unspecified atom stereocenters. The van der Waals surface area contributed by atoms with E-state index in [1.54, 1.807) is 6.92 Å². The molecule has 1 saturated carbocycles. The summed E-state index contributed by atoms with van der Waals surface area (Å²) in [6.45, 7) is 1.58. The number of ketones is 1. The number of hydrogen-bond donors (Lipinski definition) is 1. The summed E-state index contributed by atoms with van der Waals surface area (Å²) >= 11 is 12.7. The Balaban J connectivity index is 1.99. The van der Waals surface area contributed by atoms with Crippen LogP contribution < -0.4 is 5.32 Å². The summed E-state index contributed by atoms with van der Waals surface area (Å²) in [5.74, 6) is 0.542. The van der Waals surface area contributed by atoms with Gasteiger partial charge in [0.05, 0.1) is 6.04 Å². The molecule has 2 aromatic carbocycles. The molecule has 114 valence electrons. The topological polar surface area (TPSA) is 29.1 Å². The van der Waals surface area contributed by atoms with Gasteiger partial charge >= 0.3 is 0 Å². The molecule has 0 amide bonds. The van der Waals surface area contributed by atoms with Crippen LogP contribution in [-0.4, -0.2) is 5.78 Å². The van der Waals surface area contributed by atoms with Gasteiger partial charge in [-0.2, -0.15) is 0 Å². The van der Waals surface area contributed by atoms with Gasteiger partial charge in [0.15, 0.2) is 5.78 Å². The Labute approximate surface area is 140 Å². The third kappa shape index (κ3) is 3.13. The second-order valence-electron chi connectivity index (χ2n) is 5.70. The number of carbonyl (C=O) groups excluding carboxylic acids is 1. The van der Waals surface area contributed by atoms with Crippen molar-refractivity contribution in [3.05, 3.63) is 63.6 Å². The van der Waals surface area contributed by atoms with Crippen molar-refractivity contribution < 1.29 is 4.79 Å². The summed E-state index contributed by atoms with van der Waals surface area (Å²) in [4.78, 5) is 11.8. The first-order valence-electron chi connectivity index (χ1n) is 7.38. The summed E-state index contributed by atoms with van der Waals surface area (Å²) in [7, 11) is 0. The van der Waals surface area contributed by atoms with Gasteiger partial charge in [-0.25, -0.2) is 0 Å². The first-order chi connectivity index (χ1) is 10.6. The molecule has 1 aliphatic carbocycles. The molecule has 0 bridgehead atoms. The highest BCUT2D eigenvalue weighted by atomic mass is 35.5. The highest BCUT2D eigenvalue weighted by Crippen LogP contribution is 2.47. The molecule has 0 aromatic heterocycles. The third-order valence-electron chi connectivity index (χ3n) is 4.02. The molecule has 1 fully saturated rings. The molecule has 0 saturated heterocycles. The molecule has 3 rings (SSSR count). The van der Waals surface area contributed by atoms with Crippen LogP contribution in [0.4, 0.5) is 5.69 Å². The smallest absolute Gasteiger partial charge is 0.161 e. The number of Topliss-reactive ketones (excluding diaryl/α,β-unsaturated/α-hetero) is 1. The van der Waals surface area contributed by atoms with Crippen molar-refractivity contribution in [3.8, 4) is 0 Å². The first-order valence-corrected chi connectivity index (χ1v) is 8.14. The Morgan fingerprint density at radius 2 is 1.73 bits per heavy atom. The van der Waals surface area contributed by atoms with E-state index >= 15 is 0 Å². The lowest BCUT2D eigenvalue weighted by atomic mass is 10.0. The fraction of sp³-hybridized carbons (Fsp3) is 0.278. The van der Waals surface area contributed by atoms with Gasteiger partial charge < -0.3 is 5.32 Å². The van der Waals surface area contributed by atoms with Gasteiger partial charge in [-0.1, -0.05) is 41.4 Å². The monoisotopic (exact) mass is 333 g/mol. The maximum absolute atomic E-state index is 11.8. The molecule has 1 aliphatic rings. The molecule has 2 nitrogen and oxygen atoms in total. The van der Waals surface area contributed by atoms with Crippen LogP contribution >= 0.6 is 23.2 Å². The predicted octanol–water partition coefficient (Wildman–Crippen LogP) is 5.76. The Morgan fingerprint density at radius 1 is 1.09 bits per heavy atom. The van der Waals surface area contributed by atoms with Crippen molar-refractivity contribution in [2.75, 3.05) is 5.32 Å². The molecule has 1 N–H and O–H groups in total. The highest BCUT2D eigenvalue weighted by Gasteiger charge is 2.35. The Morgan fingerprint density at radius 3 is 2.32 bits per heavy atom. The minimum absolute atomic E-state index is 0.0294. The number of carbonyl (C=O) groups is 1.